The lowest BCUT2D eigenvalue weighted by Gasteiger charge is -2.08. The summed E-state index contributed by atoms with van der Waals surface area (Å²) in [7, 11) is 0. The molecule has 0 saturated carbocycles. The first-order chi connectivity index (χ1) is 9.75. The molecular formula is C17H24BrNO. The Morgan fingerprint density at radius 2 is 1.55 bits per heavy atom. The molecule has 0 radical (unpaired) electrons. The molecule has 0 saturated heterocycles. The fourth-order valence-corrected chi connectivity index (χ4v) is 1.73. The van der Waals surface area contributed by atoms with Gasteiger partial charge in [0.15, 0.2) is 0 Å². The summed E-state index contributed by atoms with van der Waals surface area (Å²) in [6.45, 7) is 8.54. The first-order valence-corrected chi connectivity index (χ1v) is 7.77. The lowest BCUT2D eigenvalue weighted by molar-refractivity contribution is 0.304. The summed E-state index contributed by atoms with van der Waals surface area (Å²) in [5.74, 6) is 0.767. The van der Waals surface area contributed by atoms with E-state index in [0.717, 1.165) is 15.8 Å². The van der Waals surface area contributed by atoms with Gasteiger partial charge in [0.2, 0.25) is 0 Å². The van der Waals surface area contributed by atoms with Crippen LogP contribution in [0.15, 0.2) is 53.0 Å². The molecule has 110 valence electrons. The smallest absolute Gasteiger partial charge is 0.136 e. The van der Waals surface area contributed by atoms with Gasteiger partial charge in [-0.1, -0.05) is 58.0 Å². The van der Waals surface area contributed by atoms with E-state index in [0.29, 0.717) is 12.3 Å². The van der Waals surface area contributed by atoms with Gasteiger partial charge in [-0.3, -0.25) is 0 Å². The van der Waals surface area contributed by atoms with E-state index in [1.54, 1.807) is 0 Å². The first-order valence-electron chi connectivity index (χ1n) is 6.97. The Kier molecular flexibility index (Phi) is 10.5. The summed E-state index contributed by atoms with van der Waals surface area (Å²) in [6.07, 6.45) is 0. The molecule has 0 aromatic heterocycles. The Bertz CT molecular complexity index is 472. The normalized spacial score (nSPS) is 8.65. The van der Waals surface area contributed by atoms with Crippen LogP contribution in [0.1, 0.15) is 33.3 Å². The van der Waals surface area contributed by atoms with Crippen molar-refractivity contribution >= 4 is 21.6 Å². The van der Waals surface area contributed by atoms with Crippen molar-refractivity contribution in [3.63, 3.8) is 0 Å². The van der Waals surface area contributed by atoms with Crippen LogP contribution in [0.5, 0.6) is 5.75 Å². The third-order valence-electron chi connectivity index (χ3n) is 2.19. The SMILES string of the molecule is CC.CC.Nc1ccc(Br)c(OCc2ccccc2)c1. The number of nitrogens with two attached hydrogens (primary N) is 1. The van der Waals surface area contributed by atoms with E-state index < -0.39 is 0 Å². The zero-order chi connectivity index (χ0) is 15.4. The van der Waals surface area contributed by atoms with Gasteiger partial charge in [0.1, 0.15) is 12.4 Å². The molecule has 2 aromatic rings. The van der Waals surface area contributed by atoms with Crippen molar-refractivity contribution in [2.45, 2.75) is 34.3 Å². The van der Waals surface area contributed by atoms with Crippen LogP contribution in [0, 0.1) is 0 Å². The van der Waals surface area contributed by atoms with Gasteiger partial charge in [0.05, 0.1) is 4.47 Å². The standard InChI is InChI=1S/C13H12BrNO.2C2H6/c14-12-7-6-11(15)8-13(12)16-9-10-4-2-1-3-5-10;2*1-2/h1-8H,9,15H2;2*1-2H3. The van der Waals surface area contributed by atoms with Gasteiger partial charge in [0.25, 0.3) is 0 Å². The lowest BCUT2D eigenvalue weighted by Crippen LogP contribution is -1.96. The average molecular weight is 338 g/mol. The Labute approximate surface area is 131 Å². The molecule has 0 atom stereocenters. The van der Waals surface area contributed by atoms with E-state index in [1.165, 1.54) is 0 Å². The minimum absolute atomic E-state index is 0.545. The third kappa shape index (κ3) is 6.62. The summed E-state index contributed by atoms with van der Waals surface area (Å²) in [5.41, 5.74) is 7.53. The molecule has 0 bridgehead atoms. The van der Waals surface area contributed by atoms with Crippen molar-refractivity contribution in [2.75, 3.05) is 5.73 Å². The zero-order valence-electron chi connectivity index (χ0n) is 12.7. The number of rotatable bonds is 3. The van der Waals surface area contributed by atoms with Crippen LogP contribution in [-0.2, 0) is 6.61 Å². The number of nitrogen functional groups attached to an aromatic ring is 1. The molecule has 2 nitrogen and oxygen atoms in total. The molecule has 0 spiro atoms. The first kappa shape index (κ1) is 18.5. The van der Waals surface area contributed by atoms with Gasteiger partial charge < -0.3 is 10.5 Å². The Morgan fingerprint density at radius 1 is 0.950 bits per heavy atom. The molecule has 0 heterocycles. The van der Waals surface area contributed by atoms with Crippen LogP contribution >= 0.6 is 15.9 Å². The quantitative estimate of drug-likeness (QED) is 0.733. The van der Waals surface area contributed by atoms with Crippen molar-refractivity contribution in [2.24, 2.45) is 0 Å². The number of hydrogen-bond donors (Lipinski definition) is 1. The Hall–Kier alpha value is -1.48. The highest BCUT2D eigenvalue weighted by Gasteiger charge is 2.01. The molecule has 20 heavy (non-hydrogen) atoms. The maximum atomic E-state index is 5.70. The highest BCUT2D eigenvalue weighted by molar-refractivity contribution is 9.10. The second kappa shape index (κ2) is 11.4. The second-order valence-electron chi connectivity index (χ2n) is 3.46. The molecule has 2 N–H and O–H groups in total. The van der Waals surface area contributed by atoms with Crippen LogP contribution in [0.2, 0.25) is 0 Å². The van der Waals surface area contributed by atoms with E-state index >= 15 is 0 Å². The van der Waals surface area contributed by atoms with E-state index in [2.05, 4.69) is 15.9 Å². The van der Waals surface area contributed by atoms with Gasteiger partial charge in [-0.2, -0.15) is 0 Å². The largest absolute Gasteiger partial charge is 0.488 e. The van der Waals surface area contributed by atoms with Crippen LogP contribution in [0.25, 0.3) is 0 Å². The summed E-state index contributed by atoms with van der Waals surface area (Å²) in [6, 6.07) is 15.6. The minimum atomic E-state index is 0.545. The van der Waals surface area contributed by atoms with Crippen molar-refractivity contribution in [1.29, 1.82) is 0 Å². The fourth-order valence-electron chi connectivity index (χ4n) is 1.37. The molecule has 0 fully saturated rings. The second-order valence-corrected chi connectivity index (χ2v) is 4.32. The monoisotopic (exact) mass is 337 g/mol. The van der Waals surface area contributed by atoms with Crippen molar-refractivity contribution in [1.82, 2.24) is 0 Å². The van der Waals surface area contributed by atoms with Crippen LogP contribution in [-0.4, -0.2) is 0 Å². The van der Waals surface area contributed by atoms with Gasteiger partial charge in [-0.05, 0) is 33.6 Å². The predicted octanol–water partition coefficient (Wildman–Crippen LogP) is 5.66. The summed E-state index contributed by atoms with van der Waals surface area (Å²) < 4.78 is 6.59. The highest BCUT2D eigenvalue weighted by Crippen LogP contribution is 2.27. The molecule has 0 unspecified atom stereocenters. The van der Waals surface area contributed by atoms with Crippen LogP contribution < -0.4 is 10.5 Å². The summed E-state index contributed by atoms with van der Waals surface area (Å²) in [5, 5.41) is 0. The molecule has 2 aromatic carbocycles. The molecule has 2 rings (SSSR count). The fraction of sp³-hybridized carbons (Fsp3) is 0.294. The number of ether oxygens (including phenoxy) is 1. The molecule has 0 amide bonds. The average Bonchev–Trinajstić information content (AvgIpc) is 2.53. The summed E-state index contributed by atoms with van der Waals surface area (Å²) >= 11 is 3.42. The maximum absolute atomic E-state index is 5.70. The van der Waals surface area contributed by atoms with E-state index in [9.17, 15) is 0 Å². The van der Waals surface area contributed by atoms with Crippen molar-refractivity contribution < 1.29 is 4.74 Å². The molecule has 3 heteroatoms. The van der Waals surface area contributed by atoms with Gasteiger partial charge in [-0.15, -0.1) is 0 Å². The molecule has 0 aliphatic carbocycles. The zero-order valence-corrected chi connectivity index (χ0v) is 14.3. The van der Waals surface area contributed by atoms with E-state index in [4.69, 9.17) is 10.5 Å². The Balaban J connectivity index is 0.000000829. The van der Waals surface area contributed by atoms with Crippen molar-refractivity contribution in [3.05, 3.63) is 58.6 Å². The van der Waals surface area contributed by atoms with E-state index in [1.807, 2.05) is 76.2 Å². The Morgan fingerprint density at radius 3 is 2.15 bits per heavy atom. The van der Waals surface area contributed by atoms with Crippen molar-refractivity contribution in [3.8, 4) is 5.75 Å². The lowest BCUT2D eigenvalue weighted by atomic mass is 10.2. The highest BCUT2D eigenvalue weighted by atomic mass is 79.9. The predicted molar refractivity (Wildman–Crippen MR) is 92.0 cm³/mol. The molecule has 0 aliphatic rings. The van der Waals surface area contributed by atoms with Gasteiger partial charge >= 0.3 is 0 Å². The molecule has 0 aliphatic heterocycles. The number of anilines is 1. The molecular weight excluding hydrogens is 314 g/mol. The number of hydrogen-bond acceptors (Lipinski definition) is 2. The van der Waals surface area contributed by atoms with E-state index in [-0.39, 0.29) is 0 Å². The summed E-state index contributed by atoms with van der Waals surface area (Å²) in [4.78, 5) is 0. The van der Waals surface area contributed by atoms with Crippen LogP contribution in [0.3, 0.4) is 0 Å². The number of halogens is 1. The van der Waals surface area contributed by atoms with Crippen LogP contribution in [0.4, 0.5) is 5.69 Å². The maximum Gasteiger partial charge on any atom is 0.136 e. The third-order valence-corrected chi connectivity index (χ3v) is 2.85. The number of benzene rings is 2. The van der Waals surface area contributed by atoms with Gasteiger partial charge in [-0.25, -0.2) is 0 Å². The minimum Gasteiger partial charge on any atom is -0.488 e. The topological polar surface area (TPSA) is 35.2 Å². The van der Waals surface area contributed by atoms with Gasteiger partial charge in [0, 0.05) is 11.8 Å².